The molecular formula is C19H20BrClN2O5S. The summed E-state index contributed by atoms with van der Waals surface area (Å²) in [6.45, 7) is 0.698. The SMILES string of the molecule is COc1ccc(S(=O)(=O)N2CCCC2)cc1NC(=O)COc1ccc(Br)cc1Cl. The summed E-state index contributed by atoms with van der Waals surface area (Å²) in [7, 11) is -2.17. The quantitative estimate of drug-likeness (QED) is 0.619. The molecule has 1 saturated heterocycles. The number of rotatable bonds is 7. The van der Waals surface area contributed by atoms with Crippen LogP contribution >= 0.6 is 27.5 Å². The highest BCUT2D eigenvalue weighted by Gasteiger charge is 2.28. The first-order valence-electron chi connectivity index (χ1n) is 8.87. The summed E-state index contributed by atoms with van der Waals surface area (Å²) in [6.07, 6.45) is 1.68. The Hall–Kier alpha value is -1.81. The molecule has 0 aromatic heterocycles. The molecule has 1 fully saturated rings. The van der Waals surface area contributed by atoms with Crippen molar-refractivity contribution in [1.82, 2.24) is 4.31 Å². The van der Waals surface area contributed by atoms with Crippen LogP contribution in [0, 0.1) is 0 Å². The van der Waals surface area contributed by atoms with E-state index in [2.05, 4.69) is 21.2 Å². The zero-order valence-corrected chi connectivity index (χ0v) is 18.8. The van der Waals surface area contributed by atoms with Crippen LogP contribution < -0.4 is 14.8 Å². The molecule has 1 aliphatic rings. The monoisotopic (exact) mass is 502 g/mol. The zero-order chi connectivity index (χ0) is 21.0. The smallest absolute Gasteiger partial charge is 0.262 e. The molecule has 0 radical (unpaired) electrons. The highest BCUT2D eigenvalue weighted by atomic mass is 79.9. The van der Waals surface area contributed by atoms with Crippen molar-refractivity contribution < 1.29 is 22.7 Å². The van der Waals surface area contributed by atoms with Gasteiger partial charge in [0.1, 0.15) is 11.5 Å². The van der Waals surface area contributed by atoms with Crippen LogP contribution in [0.2, 0.25) is 5.02 Å². The van der Waals surface area contributed by atoms with Gasteiger partial charge in [-0.25, -0.2) is 8.42 Å². The van der Waals surface area contributed by atoms with Gasteiger partial charge in [-0.1, -0.05) is 27.5 Å². The fourth-order valence-corrected chi connectivity index (χ4v) is 5.22. The average molecular weight is 504 g/mol. The molecule has 2 aromatic carbocycles. The average Bonchev–Trinajstić information content (AvgIpc) is 3.23. The van der Waals surface area contributed by atoms with E-state index in [1.54, 1.807) is 18.2 Å². The summed E-state index contributed by atoms with van der Waals surface area (Å²) in [5, 5.41) is 3.01. The van der Waals surface area contributed by atoms with Crippen molar-refractivity contribution in [2.45, 2.75) is 17.7 Å². The number of nitrogens with zero attached hydrogens (tertiary/aromatic N) is 1. The molecule has 10 heteroatoms. The number of anilines is 1. The number of hydrogen-bond acceptors (Lipinski definition) is 5. The number of hydrogen-bond donors (Lipinski definition) is 1. The molecule has 0 spiro atoms. The van der Waals surface area contributed by atoms with Gasteiger partial charge in [-0.3, -0.25) is 4.79 Å². The minimum atomic E-state index is -3.61. The van der Waals surface area contributed by atoms with Crippen molar-refractivity contribution in [2.75, 3.05) is 32.1 Å². The van der Waals surface area contributed by atoms with Gasteiger partial charge in [0.2, 0.25) is 10.0 Å². The van der Waals surface area contributed by atoms with Crippen LogP contribution in [0.15, 0.2) is 45.8 Å². The third-order valence-corrected chi connectivity index (χ3v) is 7.08. The van der Waals surface area contributed by atoms with E-state index in [0.717, 1.165) is 17.3 Å². The second-order valence-electron chi connectivity index (χ2n) is 6.38. The Balaban J connectivity index is 1.74. The molecular weight excluding hydrogens is 484 g/mol. The van der Waals surface area contributed by atoms with Gasteiger partial charge in [0, 0.05) is 17.6 Å². The van der Waals surface area contributed by atoms with Crippen LogP contribution in [0.4, 0.5) is 5.69 Å². The Kier molecular flexibility index (Phi) is 7.05. The van der Waals surface area contributed by atoms with Gasteiger partial charge < -0.3 is 14.8 Å². The van der Waals surface area contributed by atoms with Gasteiger partial charge >= 0.3 is 0 Å². The van der Waals surface area contributed by atoms with Gasteiger partial charge in [0.05, 0.1) is 22.7 Å². The van der Waals surface area contributed by atoms with Crippen LogP contribution in [0.1, 0.15) is 12.8 Å². The maximum absolute atomic E-state index is 12.8. The lowest BCUT2D eigenvalue weighted by atomic mass is 10.3. The fraction of sp³-hybridized carbons (Fsp3) is 0.316. The molecule has 0 aliphatic carbocycles. The number of amides is 1. The molecule has 3 rings (SSSR count). The molecule has 0 bridgehead atoms. The lowest BCUT2D eigenvalue weighted by Gasteiger charge is -2.17. The van der Waals surface area contributed by atoms with E-state index in [4.69, 9.17) is 21.1 Å². The first-order chi connectivity index (χ1) is 13.8. The number of ether oxygens (including phenoxy) is 2. The normalized spacial score (nSPS) is 14.6. The van der Waals surface area contributed by atoms with Crippen molar-refractivity contribution >= 4 is 49.1 Å². The van der Waals surface area contributed by atoms with E-state index < -0.39 is 15.9 Å². The number of carbonyl (C=O) groups is 1. The minimum absolute atomic E-state index is 0.104. The van der Waals surface area contributed by atoms with Crippen molar-refractivity contribution in [3.05, 3.63) is 45.9 Å². The van der Waals surface area contributed by atoms with Crippen molar-refractivity contribution in [3.8, 4) is 11.5 Å². The third-order valence-electron chi connectivity index (χ3n) is 4.40. The van der Waals surface area contributed by atoms with Crippen molar-refractivity contribution in [2.24, 2.45) is 0 Å². The van der Waals surface area contributed by atoms with Crippen LogP contribution in [0.25, 0.3) is 0 Å². The molecule has 0 saturated carbocycles. The lowest BCUT2D eigenvalue weighted by molar-refractivity contribution is -0.118. The summed E-state index contributed by atoms with van der Waals surface area (Å²) in [4.78, 5) is 12.4. The highest BCUT2D eigenvalue weighted by Crippen LogP contribution is 2.31. The van der Waals surface area contributed by atoms with Gasteiger partial charge in [0.15, 0.2) is 6.61 Å². The number of sulfonamides is 1. The topological polar surface area (TPSA) is 84.9 Å². The summed E-state index contributed by atoms with van der Waals surface area (Å²) < 4.78 is 38.5. The summed E-state index contributed by atoms with van der Waals surface area (Å²) in [6, 6.07) is 9.44. The van der Waals surface area contributed by atoms with Crippen LogP contribution in [-0.4, -0.2) is 45.4 Å². The van der Waals surface area contributed by atoms with E-state index in [0.29, 0.717) is 29.6 Å². The van der Waals surface area contributed by atoms with E-state index >= 15 is 0 Å². The van der Waals surface area contributed by atoms with Crippen LogP contribution in [-0.2, 0) is 14.8 Å². The minimum Gasteiger partial charge on any atom is -0.495 e. The molecule has 2 aromatic rings. The summed E-state index contributed by atoms with van der Waals surface area (Å²) in [5.41, 5.74) is 0.253. The maximum Gasteiger partial charge on any atom is 0.262 e. The zero-order valence-electron chi connectivity index (χ0n) is 15.7. The second-order valence-corrected chi connectivity index (χ2v) is 9.65. The van der Waals surface area contributed by atoms with E-state index in [1.807, 2.05) is 0 Å². The number of methoxy groups -OCH3 is 1. The van der Waals surface area contributed by atoms with Gasteiger partial charge in [-0.2, -0.15) is 4.31 Å². The number of carbonyl (C=O) groups excluding carboxylic acids is 1. The Morgan fingerprint density at radius 1 is 1.17 bits per heavy atom. The Bertz CT molecular complexity index is 1010. The number of halogens is 2. The molecule has 7 nitrogen and oxygen atoms in total. The lowest BCUT2D eigenvalue weighted by Crippen LogP contribution is -2.28. The first-order valence-corrected chi connectivity index (χ1v) is 11.5. The first kappa shape index (κ1) is 21.9. The molecule has 156 valence electrons. The van der Waals surface area contributed by atoms with E-state index in [1.165, 1.54) is 29.6 Å². The second kappa shape index (κ2) is 9.34. The number of benzene rings is 2. The molecule has 1 amide bonds. The molecule has 1 N–H and O–H groups in total. The summed E-state index contributed by atoms with van der Waals surface area (Å²) >= 11 is 9.37. The third kappa shape index (κ3) is 5.22. The summed E-state index contributed by atoms with van der Waals surface area (Å²) in [5.74, 6) is 0.237. The maximum atomic E-state index is 12.8. The largest absolute Gasteiger partial charge is 0.495 e. The molecule has 0 atom stereocenters. The van der Waals surface area contributed by atoms with Crippen molar-refractivity contribution in [1.29, 1.82) is 0 Å². The Labute approximate surface area is 183 Å². The van der Waals surface area contributed by atoms with E-state index in [-0.39, 0.29) is 17.2 Å². The van der Waals surface area contributed by atoms with E-state index in [9.17, 15) is 13.2 Å². The Morgan fingerprint density at radius 3 is 2.52 bits per heavy atom. The van der Waals surface area contributed by atoms with Crippen LogP contribution in [0.3, 0.4) is 0 Å². The molecule has 29 heavy (non-hydrogen) atoms. The standard InChI is InChI=1S/C19H20BrClN2O5S/c1-27-18-7-5-14(29(25,26)23-8-2-3-9-23)11-16(18)22-19(24)12-28-17-6-4-13(20)10-15(17)21/h4-7,10-11H,2-3,8-9,12H2,1H3,(H,22,24). The van der Waals surface area contributed by atoms with Crippen LogP contribution in [0.5, 0.6) is 11.5 Å². The van der Waals surface area contributed by atoms with Gasteiger partial charge in [-0.15, -0.1) is 0 Å². The van der Waals surface area contributed by atoms with Gasteiger partial charge in [0.25, 0.3) is 5.91 Å². The Morgan fingerprint density at radius 2 is 1.86 bits per heavy atom. The highest BCUT2D eigenvalue weighted by molar-refractivity contribution is 9.10. The van der Waals surface area contributed by atoms with Gasteiger partial charge in [-0.05, 0) is 49.2 Å². The molecule has 0 unspecified atom stereocenters. The fourth-order valence-electron chi connectivity index (χ4n) is 2.94. The predicted octanol–water partition coefficient (Wildman–Crippen LogP) is 3.91. The molecule has 1 heterocycles. The molecule has 1 aliphatic heterocycles. The van der Waals surface area contributed by atoms with Crippen molar-refractivity contribution in [3.63, 3.8) is 0 Å². The number of nitrogens with one attached hydrogen (secondary N) is 1. The predicted molar refractivity (Wildman–Crippen MR) is 114 cm³/mol.